The number of H-pyrrole nitrogens is 1. The van der Waals surface area contributed by atoms with Crippen LogP contribution in [0.25, 0.3) is 0 Å². The number of hydrogen-bond donors (Lipinski definition) is 2. The molecule has 242 valence electrons. The van der Waals surface area contributed by atoms with Crippen LogP contribution in [-0.2, 0) is 39.2 Å². The number of aryl methyl sites for hydroxylation is 1. The zero-order valence-corrected chi connectivity index (χ0v) is 30.7. The molecule has 0 spiro atoms. The van der Waals surface area contributed by atoms with Crippen molar-refractivity contribution < 1.29 is 32.3 Å². The summed E-state index contributed by atoms with van der Waals surface area (Å²) >= 11 is 5.44. The highest BCUT2D eigenvalue weighted by Gasteiger charge is 2.45. The van der Waals surface area contributed by atoms with Crippen molar-refractivity contribution in [2.24, 2.45) is 0 Å². The van der Waals surface area contributed by atoms with Crippen molar-refractivity contribution in [2.75, 3.05) is 19.8 Å². The minimum Gasteiger partial charge on any atom is -0.414 e. The second kappa shape index (κ2) is 13.1. The minimum absolute atomic E-state index is 0.0342. The van der Waals surface area contributed by atoms with E-state index in [1.54, 1.807) is 6.92 Å². The third-order valence-electron chi connectivity index (χ3n) is 9.12. The Labute approximate surface area is 257 Å². The van der Waals surface area contributed by atoms with Crippen LogP contribution in [0, 0.1) is 6.92 Å². The molecule has 1 aromatic heterocycles. The lowest BCUT2D eigenvalue weighted by atomic mass is 10.2. The van der Waals surface area contributed by atoms with Gasteiger partial charge in [0, 0.05) is 24.8 Å². The molecule has 3 rings (SSSR count). The lowest BCUT2D eigenvalue weighted by Gasteiger charge is -2.39. The van der Waals surface area contributed by atoms with Crippen molar-refractivity contribution in [1.82, 2.24) is 9.55 Å². The molecule has 0 aromatic carbocycles. The molecule has 0 saturated carbocycles. The third-order valence-corrected chi connectivity index (χ3v) is 19.7. The Hall–Kier alpha value is -0.516. The summed E-state index contributed by atoms with van der Waals surface area (Å²) in [6.45, 7) is 20.3. The van der Waals surface area contributed by atoms with Crippen molar-refractivity contribution in [2.45, 2.75) is 128 Å². The predicted molar refractivity (Wildman–Crippen MR) is 171 cm³/mol. The molecule has 1 aromatic rings. The van der Waals surface area contributed by atoms with E-state index in [1.807, 2.05) is 0 Å². The van der Waals surface area contributed by atoms with E-state index in [4.69, 9.17) is 39.2 Å². The van der Waals surface area contributed by atoms with Gasteiger partial charge in [0.15, 0.2) is 16.6 Å². The minimum atomic E-state index is -3.75. The van der Waals surface area contributed by atoms with Gasteiger partial charge in [0.2, 0.25) is 0 Å². The summed E-state index contributed by atoms with van der Waals surface area (Å²) in [6.07, 6.45) is -0.194. The average Bonchev–Trinajstić information content (AvgIpc) is 3.43. The SMILES string of the molecule is Cc1cn(C2CC(OP(O)(=S)OCC3OCCC3O[Si](C)(C)C(C)(C)C)C(CO[Si](C)(C)C(C)(C)C)O2)c(=O)[nH]c1=O. The summed E-state index contributed by atoms with van der Waals surface area (Å²) in [5.74, 6) is 0. The van der Waals surface area contributed by atoms with Gasteiger partial charge in [0.1, 0.15) is 18.4 Å². The quantitative estimate of drug-likeness (QED) is 0.247. The van der Waals surface area contributed by atoms with E-state index in [0.717, 1.165) is 6.42 Å². The smallest absolute Gasteiger partial charge is 0.330 e. The summed E-state index contributed by atoms with van der Waals surface area (Å²) in [5, 5.41) is 0.0101. The number of hydrogen-bond acceptors (Lipinski definition) is 9. The molecular formula is C27H51N2O9PSSi2. The molecule has 3 heterocycles. The number of aromatic nitrogens is 2. The molecule has 2 N–H and O–H groups in total. The number of nitrogens with zero attached hydrogens (tertiary/aromatic N) is 1. The Kier molecular flexibility index (Phi) is 11.2. The van der Waals surface area contributed by atoms with Crippen molar-refractivity contribution >= 4 is 35.2 Å². The molecule has 2 saturated heterocycles. The van der Waals surface area contributed by atoms with Crippen LogP contribution in [-0.4, -0.2) is 75.3 Å². The Balaban J connectivity index is 1.74. The van der Waals surface area contributed by atoms with Crippen LogP contribution < -0.4 is 11.2 Å². The molecule has 2 aliphatic heterocycles. The van der Waals surface area contributed by atoms with Crippen LogP contribution in [0.15, 0.2) is 15.8 Å². The second-order valence-corrected chi connectivity index (χ2v) is 26.8. The average molecular weight is 667 g/mol. The van der Waals surface area contributed by atoms with Gasteiger partial charge in [-0.15, -0.1) is 0 Å². The van der Waals surface area contributed by atoms with Crippen LogP contribution in [0.1, 0.15) is 66.2 Å². The van der Waals surface area contributed by atoms with Crippen LogP contribution in [0.2, 0.25) is 36.3 Å². The first-order valence-electron chi connectivity index (χ1n) is 14.6. The summed E-state index contributed by atoms with van der Waals surface area (Å²) in [6, 6.07) is 0. The van der Waals surface area contributed by atoms with E-state index in [2.05, 4.69) is 72.7 Å². The molecule has 0 aliphatic carbocycles. The van der Waals surface area contributed by atoms with Crippen molar-refractivity contribution in [3.05, 3.63) is 32.6 Å². The molecule has 2 fully saturated rings. The molecular weight excluding hydrogens is 616 g/mol. The highest BCUT2D eigenvalue weighted by atomic mass is 32.5. The van der Waals surface area contributed by atoms with E-state index in [1.165, 1.54) is 10.8 Å². The maximum atomic E-state index is 12.6. The first kappa shape index (κ1) is 36.0. The zero-order valence-electron chi connectivity index (χ0n) is 27.0. The van der Waals surface area contributed by atoms with Crippen LogP contribution in [0.5, 0.6) is 0 Å². The van der Waals surface area contributed by atoms with Gasteiger partial charge < -0.3 is 32.3 Å². The normalized spacial score (nSPS) is 27.4. The largest absolute Gasteiger partial charge is 0.414 e. The van der Waals surface area contributed by atoms with Gasteiger partial charge >= 0.3 is 12.4 Å². The molecule has 15 heteroatoms. The topological polar surface area (TPSA) is 130 Å². The second-order valence-electron chi connectivity index (χ2n) is 14.4. The molecule has 0 amide bonds. The van der Waals surface area contributed by atoms with E-state index < -0.39 is 53.0 Å². The Morgan fingerprint density at radius 3 is 2.26 bits per heavy atom. The van der Waals surface area contributed by atoms with E-state index >= 15 is 0 Å². The molecule has 2 aliphatic rings. The maximum absolute atomic E-state index is 12.6. The third kappa shape index (κ3) is 8.81. The fourth-order valence-electron chi connectivity index (χ4n) is 4.28. The molecule has 11 nitrogen and oxygen atoms in total. The number of rotatable bonds is 11. The van der Waals surface area contributed by atoms with E-state index in [-0.39, 0.29) is 41.9 Å². The Morgan fingerprint density at radius 1 is 1.05 bits per heavy atom. The zero-order chi connectivity index (χ0) is 31.9. The number of ether oxygens (including phenoxy) is 2. The lowest BCUT2D eigenvalue weighted by Crippen LogP contribution is -2.46. The van der Waals surface area contributed by atoms with Crippen LogP contribution >= 0.6 is 6.72 Å². The monoisotopic (exact) mass is 666 g/mol. The molecule has 0 radical (unpaired) electrons. The van der Waals surface area contributed by atoms with Crippen LogP contribution in [0.3, 0.4) is 0 Å². The Bertz CT molecular complexity index is 1260. The summed E-state index contributed by atoms with van der Waals surface area (Å²) in [4.78, 5) is 38.0. The fraction of sp³-hybridized carbons (Fsp3) is 0.852. The molecule has 42 heavy (non-hydrogen) atoms. The van der Waals surface area contributed by atoms with Crippen molar-refractivity contribution in [1.29, 1.82) is 0 Å². The van der Waals surface area contributed by atoms with Crippen molar-refractivity contribution in [3.63, 3.8) is 0 Å². The summed E-state index contributed by atoms with van der Waals surface area (Å²) in [5.41, 5.74) is -0.673. The first-order chi connectivity index (χ1) is 19.0. The number of aromatic amines is 1. The van der Waals surface area contributed by atoms with Crippen LogP contribution in [0.4, 0.5) is 0 Å². The number of nitrogens with one attached hydrogen (secondary N) is 1. The molecule has 0 bridgehead atoms. The molecule has 6 unspecified atom stereocenters. The predicted octanol–water partition coefficient (Wildman–Crippen LogP) is 4.95. The van der Waals surface area contributed by atoms with Gasteiger partial charge in [-0.1, -0.05) is 41.5 Å². The van der Waals surface area contributed by atoms with E-state index in [0.29, 0.717) is 12.2 Å². The van der Waals surface area contributed by atoms with Crippen molar-refractivity contribution in [3.8, 4) is 0 Å². The summed E-state index contributed by atoms with van der Waals surface area (Å²) < 4.78 is 38.3. The summed E-state index contributed by atoms with van der Waals surface area (Å²) in [7, 11) is -4.19. The first-order valence-corrected chi connectivity index (χ1v) is 23.0. The standard InChI is InChI=1S/C27H51N2O9PSSi2/c1-18-15-29(25(31)28-24(18)30)23-14-20(22(36-23)17-35-41(8,9)26(2,3)4)37-39(32,40)34-16-21-19(12-13-33-21)38-42(10,11)27(5,6)7/h15,19-23H,12-14,16-17H2,1-11H3,(H,32,40)(H,28,30,31). The molecule has 6 atom stereocenters. The lowest BCUT2D eigenvalue weighted by molar-refractivity contribution is -0.0433. The highest BCUT2D eigenvalue weighted by Crippen LogP contribution is 2.49. The van der Waals surface area contributed by atoms with E-state index in [9.17, 15) is 14.5 Å². The van der Waals surface area contributed by atoms with Gasteiger partial charge in [0.25, 0.3) is 5.56 Å². The van der Waals surface area contributed by atoms with Gasteiger partial charge in [-0.05, 0) is 61.4 Å². The highest BCUT2D eigenvalue weighted by molar-refractivity contribution is 8.07. The fourth-order valence-corrected chi connectivity index (χ4v) is 8.15. The Morgan fingerprint density at radius 2 is 1.67 bits per heavy atom. The maximum Gasteiger partial charge on any atom is 0.330 e. The van der Waals surface area contributed by atoms with Gasteiger partial charge in [-0.2, -0.15) is 0 Å². The van der Waals surface area contributed by atoms with Gasteiger partial charge in [0.05, 0.1) is 25.4 Å². The van der Waals surface area contributed by atoms with Gasteiger partial charge in [-0.3, -0.25) is 14.3 Å². The van der Waals surface area contributed by atoms with Gasteiger partial charge in [-0.25, -0.2) is 4.79 Å².